The fourth-order valence-electron chi connectivity index (χ4n) is 2.12. The monoisotopic (exact) mass is 329 g/mol. The van der Waals surface area contributed by atoms with Gasteiger partial charge in [0.05, 0.1) is 11.0 Å². The summed E-state index contributed by atoms with van der Waals surface area (Å²) in [5.74, 6) is 0. The third-order valence-corrected chi connectivity index (χ3v) is 3.61. The standard InChI is InChI=1S/C15H12BrN3O/c1-8-2-5-12-13(6-8)19-15(20)14(18-12)10-7-9(16)3-4-11(10)17/h2-7H,17H2,1H3,(H,19,20). The van der Waals surface area contributed by atoms with Gasteiger partial charge in [0, 0.05) is 15.7 Å². The van der Waals surface area contributed by atoms with Crippen LogP contribution in [0, 0.1) is 6.92 Å². The van der Waals surface area contributed by atoms with E-state index in [2.05, 4.69) is 25.9 Å². The van der Waals surface area contributed by atoms with Crippen molar-refractivity contribution in [3.8, 4) is 11.3 Å². The molecule has 3 N–H and O–H groups in total. The van der Waals surface area contributed by atoms with Gasteiger partial charge in [0.2, 0.25) is 0 Å². The summed E-state index contributed by atoms with van der Waals surface area (Å²) in [4.78, 5) is 19.5. The van der Waals surface area contributed by atoms with Crippen LogP contribution in [-0.2, 0) is 0 Å². The summed E-state index contributed by atoms with van der Waals surface area (Å²) in [6.45, 7) is 1.97. The summed E-state index contributed by atoms with van der Waals surface area (Å²) in [5.41, 5.74) is 9.73. The summed E-state index contributed by atoms with van der Waals surface area (Å²) in [7, 11) is 0. The molecule has 0 saturated heterocycles. The predicted molar refractivity (Wildman–Crippen MR) is 84.6 cm³/mol. The maximum absolute atomic E-state index is 12.2. The Labute approximate surface area is 123 Å². The van der Waals surface area contributed by atoms with Crippen molar-refractivity contribution in [2.75, 3.05) is 5.73 Å². The third kappa shape index (κ3) is 2.20. The normalized spacial score (nSPS) is 10.9. The zero-order valence-corrected chi connectivity index (χ0v) is 12.4. The maximum Gasteiger partial charge on any atom is 0.275 e. The van der Waals surface area contributed by atoms with Crippen LogP contribution in [0.3, 0.4) is 0 Å². The highest BCUT2D eigenvalue weighted by Gasteiger charge is 2.11. The van der Waals surface area contributed by atoms with Crippen molar-refractivity contribution in [3.05, 3.63) is 56.8 Å². The number of nitrogens with zero attached hydrogens (tertiary/aromatic N) is 1. The van der Waals surface area contributed by atoms with Gasteiger partial charge in [-0.05, 0) is 42.8 Å². The van der Waals surface area contributed by atoms with Gasteiger partial charge in [-0.25, -0.2) is 4.98 Å². The topological polar surface area (TPSA) is 71.8 Å². The molecule has 100 valence electrons. The van der Waals surface area contributed by atoms with Crippen molar-refractivity contribution in [1.82, 2.24) is 9.97 Å². The number of rotatable bonds is 1. The van der Waals surface area contributed by atoms with Crippen molar-refractivity contribution in [2.45, 2.75) is 6.92 Å². The lowest BCUT2D eigenvalue weighted by molar-refractivity contribution is 1.22. The van der Waals surface area contributed by atoms with Gasteiger partial charge in [-0.15, -0.1) is 0 Å². The lowest BCUT2D eigenvalue weighted by atomic mass is 10.1. The van der Waals surface area contributed by atoms with E-state index in [1.165, 1.54) is 0 Å². The summed E-state index contributed by atoms with van der Waals surface area (Å²) in [6, 6.07) is 11.1. The summed E-state index contributed by atoms with van der Waals surface area (Å²) in [6.07, 6.45) is 0. The van der Waals surface area contributed by atoms with Crippen molar-refractivity contribution in [2.24, 2.45) is 0 Å². The number of hydrogen-bond donors (Lipinski definition) is 2. The second kappa shape index (κ2) is 4.76. The van der Waals surface area contributed by atoms with Gasteiger partial charge in [-0.1, -0.05) is 22.0 Å². The zero-order valence-electron chi connectivity index (χ0n) is 10.8. The number of nitrogen functional groups attached to an aromatic ring is 1. The van der Waals surface area contributed by atoms with E-state index in [9.17, 15) is 4.79 Å². The Bertz CT molecular complexity index is 871. The Balaban J connectivity index is 2.31. The van der Waals surface area contributed by atoms with E-state index in [-0.39, 0.29) is 5.56 Å². The molecular weight excluding hydrogens is 318 g/mol. The van der Waals surface area contributed by atoms with Crippen molar-refractivity contribution >= 4 is 32.7 Å². The van der Waals surface area contributed by atoms with Crippen LogP contribution in [0.2, 0.25) is 0 Å². The van der Waals surface area contributed by atoms with Gasteiger partial charge in [0.25, 0.3) is 5.56 Å². The number of aryl methyl sites for hydroxylation is 1. The lowest BCUT2D eigenvalue weighted by Crippen LogP contribution is -2.12. The van der Waals surface area contributed by atoms with E-state index in [1.807, 2.05) is 31.2 Å². The average Bonchev–Trinajstić information content (AvgIpc) is 2.41. The molecule has 3 aromatic rings. The van der Waals surface area contributed by atoms with Crippen LogP contribution in [0.1, 0.15) is 5.56 Å². The molecule has 0 aliphatic carbocycles. The molecule has 1 aromatic heterocycles. The zero-order chi connectivity index (χ0) is 14.3. The van der Waals surface area contributed by atoms with Crippen LogP contribution in [0.15, 0.2) is 45.7 Å². The average molecular weight is 330 g/mol. The summed E-state index contributed by atoms with van der Waals surface area (Å²) in [5, 5.41) is 0. The smallest absolute Gasteiger partial charge is 0.275 e. The second-order valence-electron chi connectivity index (χ2n) is 4.67. The molecule has 20 heavy (non-hydrogen) atoms. The SMILES string of the molecule is Cc1ccc2nc(-c3cc(Br)ccc3N)c(=O)[nH]c2c1. The van der Waals surface area contributed by atoms with Crippen molar-refractivity contribution in [1.29, 1.82) is 0 Å². The lowest BCUT2D eigenvalue weighted by Gasteiger charge is -2.07. The highest BCUT2D eigenvalue weighted by Crippen LogP contribution is 2.26. The number of fused-ring (bicyclic) bond motifs is 1. The first-order valence-corrected chi connectivity index (χ1v) is 6.90. The number of aromatic nitrogens is 2. The molecule has 5 heteroatoms. The number of H-pyrrole nitrogens is 1. The van der Waals surface area contributed by atoms with Gasteiger partial charge in [-0.2, -0.15) is 0 Å². The molecule has 2 aromatic carbocycles. The van der Waals surface area contributed by atoms with Crippen LogP contribution >= 0.6 is 15.9 Å². The molecule has 0 spiro atoms. The first-order chi connectivity index (χ1) is 9.54. The molecule has 0 atom stereocenters. The molecule has 4 nitrogen and oxygen atoms in total. The molecule has 0 bridgehead atoms. The van der Waals surface area contributed by atoms with Gasteiger partial charge < -0.3 is 10.7 Å². The molecule has 0 unspecified atom stereocenters. The van der Waals surface area contributed by atoms with Gasteiger partial charge >= 0.3 is 0 Å². The molecule has 3 rings (SSSR count). The van der Waals surface area contributed by atoms with E-state index in [4.69, 9.17) is 5.73 Å². The van der Waals surface area contributed by atoms with E-state index in [0.717, 1.165) is 21.1 Å². The van der Waals surface area contributed by atoms with Crippen LogP contribution in [0.5, 0.6) is 0 Å². The minimum atomic E-state index is -0.243. The van der Waals surface area contributed by atoms with E-state index < -0.39 is 0 Å². The minimum Gasteiger partial charge on any atom is -0.398 e. The second-order valence-corrected chi connectivity index (χ2v) is 5.58. The van der Waals surface area contributed by atoms with Gasteiger partial charge in [0.15, 0.2) is 0 Å². The van der Waals surface area contributed by atoms with Crippen LogP contribution in [0.4, 0.5) is 5.69 Å². The Morgan fingerprint density at radius 1 is 1.20 bits per heavy atom. The highest BCUT2D eigenvalue weighted by molar-refractivity contribution is 9.10. The third-order valence-electron chi connectivity index (χ3n) is 3.12. The minimum absolute atomic E-state index is 0.243. The van der Waals surface area contributed by atoms with Crippen LogP contribution < -0.4 is 11.3 Å². The molecule has 0 fully saturated rings. The molecule has 0 aliphatic rings. The number of nitrogens with one attached hydrogen (secondary N) is 1. The Morgan fingerprint density at radius 2 is 2.00 bits per heavy atom. The van der Waals surface area contributed by atoms with E-state index in [0.29, 0.717) is 16.9 Å². The quantitative estimate of drug-likeness (QED) is 0.673. The number of nitrogens with two attached hydrogens (primary N) is 1. The summed E-state index contributed by atoms with van der Waals surface area (Å²) < 4.78 is 0.854. The predicted octanol–water partition coefficient (Wildman–Crippen LogP) is 3.24. The Hall–Kier alpha value is -2.14. The molecule has 0 aliphatic heterocycles. The highest BCUT2D eigenvalue weighted by atomic mass is 79.9. The van der Waals surface area contributed by atoms with Gasteiger partial charge in [0.1, 0.15) is 5.69 Å². The fraction of sp³-hybridized carbons (Fsp3) is 0.0667. The number of benzene rings is 2. The fourth-order valence-corrected chi connectivity index (χ4v) is 2.48. The van der Waals surface area contributed by atoms with Gasteiger partial charge in [-0.3, -0.25) is 4.79 Å². The summed E-state index contributed by atoms with van der Waals surface area (Å²) >= 11 is 3.38. The molecule has 0 saturated carbocycles. The van der Waals surface area contributed by atoms with Crippen LogP contribution in [-0.4, -0.2) is 9.97 Å². The van der Waals surface area contributed by atoms with Crippen molar-refractivity contribution in [3.63, 3.8) is 0 Å². The maximum atomic E-state index is 12.2. The molecule has 0 radical (unpaired) electrons. The Kier molecular flexibility index (Phi) is 3.06. The first kappa shape index (κ1) is 12.9. The molecular formula is C15H12BrN3O. The first-order valence-electron chi connectivity index (χ1n) is 6.11. The van der Waals surface area contributed by atoms with E-state index >= 15 is 0 Å². The van der Waals surface area contributed by atoms with E-state index in [1.54, 1.807) is 12.1 Å². The van der Waals surface area contributed by atoms with Crippen LogP contribution in [0.25, 0.3) is 22.3 Å². The number of halogens is 1. The number of hydrogen-bond acceptors (Lipinski definition) is 3. The van der Waals surface area contributed by atoms with Crippen molar-refractivity contribution < 1.29 is 0 Å². The molecule has 0 amide bonds. The largest absolute Gasteiger partial charge is 0.398 e. The number of aromatic amines is 1. The number of anilines is 1. The Morgan fingerprint density at radius 3 is 2.80 bits per heavy atom. The molecule has 1 heterocycles.